The van der Waals surface area contributed by atoms with Crippen LogP contribution in [0.5, 0.6) is 0 Å². The molecular formula is C19H40NNaO4S. The molecule has 7 heteroatoms. The normalized spacial score (nSPS) is 11.2. The van der Waals surface area contributed by atoms with Crippen molar-refractivity contribution < 1.29 is 48.7 Å². The zero-order valence-electron chi connectivity index (χ0n) is 18.3. The number of hydrogen-bond acceptors (Lipinski definition) is 3. The summed E-state index contributed by atoms with van der Waals surface area (Å²) in [5.41, 5.74) is 0. The minimum atomic E-state index is -4.00. The van der Waals surface area contributed by atoms with Crippen molar-refractivity contribution in [3.63, 3.8) is 0 Å². The molecule has 0 bridgehead atoms. The first-order valence-electron chi connectivity index (χ1n) is 10.1. The fourth-order valence-corrected chi connectivity index (χ4v) is 3.37. The van der Waals surface area contributed by atoms with E-state index in [1.165, 1.54) is 75.5 Å². The van der Waals surface area contributed by atoms with Crippen molar-refractivity contribution >= 4 is 16.0 Å². The molecule has 0 fully saturated rings. The van der Waals surface area contributed by atoms with Crippen LogP contribution in [0.2, 0.25) is 0 Å². The second kappa shape index (κ2) is 18.7. The van der Waals surface area contributed by atoms with Crippen molar-refractivity contribution in [1.82, 2.24) is 4.90 Å². The maximum Gasteiger partial charge on any atom is 1.00 e. The fourth-order valence-electron chi connectivity index (χ4n) is 2.86. The summed E-state index contributed by atoms with van der Waals surface area (Å²) in [6.45, 7) is 2.30. The molecule has 0 saturated carbocycles. The number of carbonyl (C=O) groups is 1. The van der Waals surface area contributed by atoms with Gasteiger partial charge in [-0.25, -0.2) is 0 Å². The summed E-state index contributed by atoms with van der Waals surface area (Å²) in [6, 6.07) is 0. The van der Waals surface area contributed by atoms with Crippen LogP contribution >= 0.6 is 0 Å². The van der Waals surface area contributed by atoms with Crippen molar-refractivity contribution in [3.8, 4) is 0 Å². The minimum absolute atomic E-state index is 0. The third-order valence-corrected chi connectivity index (χ3v) is 5.30. The molecule has 0 aromatic carbocycles. The van der Waals surface area contributed by atoms with Crippen LogP contribution < -0.4 is 29.6 Å². The van der Waals surface area contributed by atoms with Crippen LogP contribution in [0.1, 0.15) is 98.2 Å². The van der Waals surface area contributed by atoms with E-state index in [9.17, 15) is 13.2 Å². The van der Waals surface area contributed by atoms with Gasteiger partial charge in [-0.05, 0) is 6.42 Å². The Morgan fingerprint density at radius 1 is 0.846 bits per heavy atom. The summed E-state index contributed by atoms with van der Waals surface area (Å²) >= 11 is 0. The summed E-state index contributed by atoms with van der Waals surface area (Å²) in [5.74, 6) is -0.444. The zero-order valence-corrected chi connectivity index (χ0v) is 20.2. The number of hydrogen-bond donors (Lipinski definition) is 1. The smallest absolute Gasteiger partial charge is 1.00 e. The van der Waals surface area contributed by atoms with Crippen molar-refractivity contribution in [3.05, 3.63) is 0 Å². The van der Waals surface area contributed by atoms with Crippen molar-refractivity contribution in [2.45, 2.75) is 96.8 Å². The van der Waals surface area contributed by atoms with Gasteiger partial charge in [-0.1, -0.05) is 84.0 Å². The number of carbonyl (C=O) groups excluding carboxylic acids is 1. The Hall–Kier alpha value is 0.380. The van der Waals surface area contributed by atoms with Gasteiger partial charge in [0, 0.05) is 20.0 Å². The minimum Gasteiger partial charge on any atom is -1.00 e. The number of amides is 1. The first-order chi connectivity index (χ1) is 11.9. The van der Waals surface area contributed by atoms with E-state index in [0.717, 1.165) is 12.8 Å². The Morgan fingerprint density at radius 3 is 1.62 bits per heavy atom. The largest absolute Gasteiger partial charge is 1.00 e. The van der Waals surface area contributed by atoms with Gasteiger partial charge in [0.2, 0.25) is 5.91 Å². The summed E-state index contributed by atoms with van der Waals surface area (Å²) in [6.07, 6.45) is 16.9. The summed E-state index contributed by atoms with van der Waals surface area (Å²) in [5, 5.41) is 0. The molecule has 0 aromatic rings. The molecule has 0 heterocycles. The van der Waals surface area contributed by atoms with Crippen LogP contribution in [0, 0.1) is 0 Å². The zero-order chi connectivity index (χ0) is 19.0. The Labute approximate surface area is 185 Å². The molecule has 0 unspecified atom stereocenters. The van der Waals surface area contributed by atoms with Crippen LogP contribution in [-0.2, 0) is 14.9 Å². The van der Waals surface area contributed by atoms with E-state index in [-0.39, 0.29) is 43.4 Å². The maximum absolute atomic E-state index is 11.8. The molecule has 0 atom stereocenters. The van der Waals surface area contributed by atoms with E-state index >= 15 is 0 Å². The molecule has 1 amide bonds. The van der Waals surface area contributed by atoms with Gasteiger partial charge in [0.15, 0.2) is 0 Å². The number of unbranched alkanes of at least 4 members (excludes halogenated alkanes) is 12. The Bertz CT molecular complexity index is 435. The standard InChI is InChI=1S/C19H39NO4S.Na.H/c1-3-4-5-6-7-8-9-10-11-12-13-14-15-16-19(21)20(2)17-18-25(22,23)24;;/h3-18H2,1-2H3,(H,22,23,24);;/q;+1;-1. The van der Waals surface area contributed by atoms with Crippen LogP contribution in [-0.4, -0.2) is 43.1 Å². The second-order valence-electron chi connectivity index (χ2n) is 7.09. The maximum atomic E-state index is 11.8. The molecule has 152 valence electrons. The predicted molar refractivity (Wildman–Crippen MR) is 105 cm³/mol. The molecule has 0 aliphatic carbocycles. The molecule has 0 aromatic heterocycles. The Kier molecular flexibility index (Phi) is 20.6. The molecule has 1 N–H and O–H groups in total. The second-order valence-corrected chi connectivity index (χ2v) is 8.67. The molecule has 26 heavy (non-hydrogen) atoms. The molecule has 0 rings (SSSR count). The Balaban J connectivity index is -0.00000288. The molecule has 0 radical (unpaired) electrons. The molecule has 0 saturated heterocycles. The van der Waals surface area contributed by atoms with Gasteiger partial charge in [-0.15, -0.1) is 0 Å². The predicted octanol–water partition coefficient (Wildman–Crippen LogP) is 1.93. The van der Waals surface area contributed by atoms with Gasteiger partial charge < -0.3 is 6.33 Å². The molecule has 0 spiro atoms. The monoisotopic (exact) mass is 401 g/mol. The molecular weight excluding hydrogens is 361 g/mol. The van der Waals surface area contributed by atoms with Crippen molar-refractivity contribution in [2.24, 2.45) is 0 Å². The average molecular weight is 402 g/mol. The average Bonchev–Trinajstić information content (AvgIpc) is 2.56. The fraction of sp³-hybridized carbons (Fsp3) is 0.947. The van der Waals surface area contributed by atoms with Gasteiger partial charge in [0.05, 0.1) is 5.75 Å². The van der Waals surface area contributed by atoms with Gasteiger partial charge in [0.1, 0.15) is 0 Å². The topological polar surface area (TPSA) is 74.7 Å². The summed E-state index contributed by atoms with van der Waals surface area (Å²) in [4.78, 5) is 13.2. The summed E-state index contributed by atoms with van der Waals surface area (Å²) in [7, 11) is -2.42. The van der Waals surface area contributed by atoms with Crippen molar-refractivity contribution in [2.75, 3.05) is 19.3 Å². The van der Waals surface area contributed by atoms with E-state index in [4.69, 9.17) is 4.55 Å². The van der Waals surface area contributed by atoms with Crippen LogP contribution in [0.15, 0.2) is 0 Å². The molecule has 0 aliphatic heterocycles. The van der Waals surface area contributed by atoms with E-state index < -0.39 is 15.9 Å². The third kappa shape index (κ3) is 20.7. The van der Waals surface area contributed by atoms with Crippen molar-refractivity contribution in [1.29, 1.82) is 0 Å². The first kappa shape index (κ1) is 28.6. The van der Waals surface area contributed by atoms with E-state index in [0.29, 0.717) is 6.42 Å². The van der Waals surface area contributed by atoms with Crippen LogP contribution in [0.3, 0.4) is 0 Å². The third-order valence-electron chi connectivity index (χ3n) is 4.60. The molecule has 5 nitrogen and oxygen atoms in total. The number of nitrogens with zero attached hydrogens (tertiary/aromatic N) is 1. The first-order valence-corrected chi connectivity index (χ1v) is 11.7. The van der Waals surface area contributed by atoms with Crippen LogP contribution in [0.4, 0.5) is 0 Å². The van der Waals surface area contributed by atoms with E-state index in [1.54, 1.807) is 7.05 Å². The summed E-state index contributed by atoms with van der Waals surface area (Å²) < 4.78 is 30.0. The van der Waals surface area contributed by atoms with E-state index in [1.807, 2.05) is 0 Å². The van der Waals surface area contributed by atoms with Gasteiger partial charge >= 0.3 is 29.6 Å². The quantitative estimate of drug-likeness (QED) is 0.230. The number of rotatable bonds is 17. The van der Waals surface area contributed by atoms with E-state index in [2.05, 4.69) is 6.92 Å². The molecule has 0 aliphatic rings. The van der Waals surface area contributed by atoms with Gasteiger partial charge in [-0.2, -0.15) is 8.42 Å². The SMILES string of the molecule is CCCCCCCCCCCCCCCC(=O)N(C)CCS(=O)(=O)O.[H-].[Na+]. The Morgan fingerprint density at radius 2 is 1.23 bits per heavy atom. The van der Waals surface area contributed by atoms with Crippen LogP contribution in [0.25, 0.3) is 0 Å². The van der Waals surface area contributed by atoms with Gasteiger partial charge in [0.25, 0.3) is 10.1 Å². The van der Waals surface area contributed by atoms with Gasteiger partial charge in [-0.3, -0.25) is 9.35 Å².